The summed E-state index contributed by atoms with van der Waals surface area (Å²) in [7, 11) is 0. The van der Waals surface area contributed by atoms with Crippen LogP contribution in [0.1, 0.15) is 13.8 Å². The van der Waals surface area contributed by atoms with E-state index in [1.807, 2.05) is 0 Å². The van der Waals surface area contributed by atoms with Crippen molar-refractivity contribution < 1.29 is 29.4 Å². The highest BCUT2D eigenvalue weighted by atomic mass is 32.2. The Hall–Kier alpha value is -2.03. The van der Waals surface area contributed by atoms with Gasteiger partial charge in [0.05, 0.1) is 0 Å². The van der Waals surface area contributed by atoms with Crippen molar-refractivity contribution in [3.05, 3.63) is 12.2 Å². The molecule has 0 radical (unpaired) electrons. The highest BCUT2D eigenvalue weighted by Crippen LogP contribution is 2.50. The van der Waals surface area contributed by atoms with Crippen molar-refractivity contribution in [1.29, 1.82) is 0 Å². The molecule has 2 amide bonds. The van der Waals surface area contributed by atoms with Gasteiger partial charge in [-0.25, -0.2) is 9.59 Å². The fourth-order valence-electron chi connectivity index (χ4n) is 2.49. The minimum Gasteiger partial charge on any atom is -0.480 e. The molecule has 0 unspecified atom stereocenters. The van der Waals surface area contributed by atoms with Crippen LogP contribution in [0.25, 0.3) is 0 Å². The second kappa shape index (κ2) is 5.06. The van der Waals surface area contributed by atoms with Gasteiger partial charge in [0.25, 0.3) is 0 Å². The molecule has 2 fully saturated rings. The summed E-state index contributed by atoms with van der Waals surface area (Å²) in [6.07, 6.45) is 1.49. The Morgan fingerprint density at radius 2 is 1.90 bits per heavy atom. The molecular weight excluding hydrogens is 300 g/mol. The van der Waals surface area contributed by atoms with Crippen LogP contribution in [0.4, 0.5) is 0 Å². The Morgan fingerprint density at radius 3 is 2.43 bits per heavy atom. The number of β-lactam (4-membered cyclic amide) rings is 1. The van der Waals surface area contributed by atoms with Gasteiger partial charge in [0.1, 0.15) is 17.5 Å². The number of carbonyl (C=O) groups excluding carboxylic acids is 2. The van der Waals surface area contributed by atoms with Crippen molar-refractivity contribution >= 4 is 35.5 Å². The van der Waals surface area contributed by atoms with Gasteiger partial charge in [-0.15, -0.1) is 11.8 Å². The van der Waals surface area contributed by atoms with E-state index in [9.17, 15) is 24.3 Å². The van der Waals surface area contributed by atoms with Gasteiger partial charge in [-0.05, 0) is 13.8 Å². The molecule has 2 aliphatic heterocycles. The summed E-state index contributed by atoms with van der Waals surface area (Å²) in [6.45, 7) is 3.45. The number of amides is 2. The largest absolute Gasteiger partial charge is 0.480 e. The van der Waals surface area contributed by atoms with Gasteiger partial charge >= 0.3 is 11.9 Å². The van der Waals surface area contributed by atoms with E-state index in [0.717, 1.165) is 6.08 Å². The topological polar surface area (TPSA) is 124 Å². The molecule has 0 aromatic carbocycles. The second-order valence-electron chi connectivity index (χ2n) is 5.26. The smallest absolute Gasteiger partial charge is 0.328 e. The number of nitrogens with one attached hydrogen (secondary N) is 1. The maximum absolute atomic E-state index is 12.0. The van der Waals surface area contributed by atoms with Crippen LogP contribution in [0.15, 0.2) is 12.2 Å². The minimum atomic E-state index is -1.27. The van der Waals surface area contributed by atoms with E-state index in [-0.39, 0.29) is 0 Å². The summed E-state index contributed by atoms with van der Waals surface area (Å²) in [5.41, 5.74) is 0. The van der Waals surface area contributed by atoms with Gasteiger partial charge in [0.15, 0.2) is 0 Å². The molecule has 114 valence electrons. The quantitative estimate of drug-likeness (QED) is 0.461. The first-order valence-electron chi connectivity index (χ1n) is 6.09. The molecule has 2 heterocycles. The van der Waals surface area contributed by atoms with E-state index in [0.29, 0.717) is 6.08 Å². The van der Waals surface area contributed by atoms with Crippen LogP contribution in [-0.4, -0.2) is 61.1 Å². The van der Waals surface area contributed by atoms with Gasteiger partial charge in [0.2, 0.25) is 11.8 Å². The Kier molecular flexibility index (Phi) is 3.70. The third-order valence-corrected chi connectivity index (χ3v) is 4.92. The lowest BCUT2D eigenvalue weighted by molar-refractivity contribution is -0.160. The number of nitrogens with zero attached hydrogens (tertiary/aromatic N) is 1. The van der Waals surface area contributed by atoms with E-state index in [1.54, 1.807) is 13.8 Å². The fraction of sp³-hybridized carbons (Fsp3) is 0.500. The zero-order chi connectivity index (χ0) is 15.9. The maximum Gasteiger partial charge on any atom is 0.328 e. The lowest BCUT2D eigenvalue weighted by Gasteiger charge is -2.43. The van der Waals surface area contributed by atoms with E-state index >= 15 is 0 Å². The maximum atomic E-state index is 12.0. The Balaban J connectivity index is 2.08. The lowest BCUT2D eigenvalue weighted by Crippen LogP contribution is -2.70. The highest BCUT2D eigenvalue weighted by Gasteiger charge is 2.64. The molecule has 21 heavy (non-hydrogen) atoms. The number of fused-ring (bicyclic) bond motifs is 1. The molecule has 2 aliphatic rings. The molecule has 0 spiro atoms. The molecule has 8 nitrogen and oxygen atoms in total. The zero-order valence-corrected chi connectivity index (χ0v) is 12.1. The number of carboxylic acids is 2. The summed E-state index contributed by atoms with van der Waals surface area (Å²) >= 11 is 1.30. The van der Waals surface area contributed by atoms with E-state index in [2.05, 4.69) is 5.32 Å². The normalized spacial score (nSPS) is 29.9. The molecule has 0 aromatic rings. The monoisotopic (exact) mass is 314 g/mol. The Morgan fingerprint density at radius 1 is 1.29 bits per heavy atom. The standard InChI is InChI=1S/C12H14N2O6S/c1-12(2)8(11(19)20)14-9(18)7(10(14)21-12)13-5(15)3-4-6(16)17/h3-4,7-8,10H,1-2H3,(H,13,15)(H,16,17)(H,19,20)/b4-3-/t7-,8+,10-/m1/s1. The van der Waals surface area contributed by atoms with Gasteiger partial charge in [0, 0.05) is 16.9 Å². The first-order chi connectivity index (χ1) is 9.65. The van der Waals surface area contributed by atoms with Crippen molar-refractivity contribution in [2.45, 2.75) is 36.1 Å². The molecular formula is C12H14N2O6S. The number of rotatable bonds is 4. The molecule has 0 saturated carbocycles. The Bertz CT molecular complexity index is 558. The van der Waals surface area contributed by atoms with Crippen molar-refractivity contribution in [1.82, 2.24) is 10.2 Å². The van der Waals surface area contributed by atoms with Gasteiger partial charge in [-0.2, -0.15) is 0 Å². The van der Waals surface area contributed by atoms with E-state index in [4.69, 9.17) is 5.11 Å². The number of carboxylic acid groups (broad SMARTS) is 2. The van der Waals surface area contributed by atoms with Crippen LogP contribution in [0.2, 0.25) is 0 Å². The molecule has 0 aromatic heterocycles. The van der Waals surface area contributed by atoms with Crippen LogP contribution in [-0.2, 0) is 19.2 Å². The second-order valence-corrected chi connectivity index (χ2v) is 7.03. The number of hydrogen-bond acceptors (Lipinski definition) is 5. The summed E-state index contributed by atoms with van der Waals surface area (Å²) in [5.74, 6) is -3.52. The zero-order valence-electron chi connectivity index (χ0n) is 11.3. The first-order valence-corrected chi connectivity index (χ1v) is 6.97. The van der Waals surface area contributed by atoms with Crippen LogP contribution in [0, 0.1) is 0 Å². The number of thioether (sulfide) groups is 1. The SMILES string of the molecule is CC1(C)S[C@@H]2[C@H](NC(=O)/C=C\C(=O)O)C(=O)N2[C@H]1C(=O)O. The predicted molar refractivity (Wildman–Crippen MR) is 72.4 cm³/mol. The summed E-state index contributed by atoms with van der Waals surface area (Å²) in [4.78, 5) is 46.4. The van der Waals surface area contributed by atoms with E-state index in [1.165, 1.54) is 16.7 Å². The highest BCUT2D eigenvalue weighted by molar-refractivity contribution is 8.01. The van der Waals surface area contributed by atoms with Crippen LogP contribution >= 0.6 is 11.8 Å². The van der Waals surface area contributed by atoms with Crippen LogP contribution < -0.4 is 5.32 Å². The minimum absolute atomic E-state index is 0.448. The molecule has 3 N–H and O–H groups in total. The average Bonchev–Trinajstić information content (AvgIpc) is 2.62. The van der Waals surface area contributed by atoms with Gasteiger partial charge < -0.3 is 20.4 Å². The fourth-order valence-corrected chi connectivity index (χ4v) is 4.12. The molecule has 0 aliphatic carbocycles. The van der Waals surface area contributed by atoms with Crippen LogP contribution in [0.3, 0.4) is 0 Å². The van der Waals surface area contributed by atoms with Crippen molar-refractivity contribution in [3.8, 4) is 0 Å². The third-order valence-electron chi connectivity index (χ3n) is 3.35. The molecule has 9 heteroatoms. The number of aliphatic carboxylic acids is 2. The summed E-state index contributed by atoms with van der Waals surface area (Å²) in [5, 5.41) is 19.6. The molecule has 3 atom stereocenters. The van der Waals surface area contributed by atoms with Gasteiger partial charge in [-0.3, -0.25) is 9.59 Å². The predicted octanol–water partition coefficient (Wildman–Crippen LogP) is -0.741. The molecule has 2 saturated heterocycles. The summed E-state index contributed by atoms with van der Waals surface area (Å²) in [6, 6.07) is -1.77. The van der Waals surface area contributed by atoms with Crippen molar-refractivity contribution in [3.63, 3.8) is 0 Å². The average molecular weight is 314 g/mol. The van der Waals surface area contributed by atoms with Gasteiger partial charge in [-0.1, -0.05) is 0 Å². The number of carbonyl (C=O) groups is 4. The van der Waals surface area contributed by atoms with E-state index < -0.39 is 46.0 Å². The first kappa shape index (κ1) is 15.4. The summed E-state index contributed by atoms with van der Waals surface area (Å²) < 4.78 is -0.664. The van der Waals surface area contributed by atoms with Crippen LogP contribution in [0.5, 0.6) is 0 Å². The number of hydrogen-bond donors (Lipinski definition) is 3. The molecule has 2 rings (SSSR count). The van der Waals surface area contributed by atoms with Crippen molar-refractivity contribution in [2.24, 2.45) is 0 Å². The van der Waals surface area contributed by atoms with Crippen molar-refractivity contribution in [2.75, 3.05) is 0 Å². The Labute approximate surface area is 124 Å². The lowest BCUT2D eigenvalue weighted by atomic mass is 9.96. The molecule has 0 bridgehead atoms. The third kappa shape index (κ3) is 2.60.